The summed E-state index contributed by atoms with van der Waals surface area (Å²) >= 11 is 2.03. The molecule has 0 saturated carbocycles. The van der Waals surface area contributed by atoms with Gasteiger partial charge in [-0.1, -0.05) is 130 Å². The third-order valence-corrected chi connectivity index (χ3v) is 10.3. The summed E-state index contributed by atoms with van der Waals surface area (Å²) in [6, 6.07) is 32.5. The summed E-state index contributed by atoms with van der Waals surface area (Å²) < 4.78 is 10.4. The highest BCUT2D eigenvalue weighted by atomic mass is 32.2. The number of hydrogen-bond acceptors (Lipinski definition) is 8. The van der Waals surface area contributed by atoms with Gasteiger partial charge in [-0.3, -0.25) is 4.79 Å². The van der Waals surface area contributed by atoms with Gasteiger partial charge in [-0.2, -0.15) is 0 Å². The number of carbonyl (C=O) groups excluding carboxylic acids is 1. The topological polar surface area (TPSA) is 128 Å². The number of unbranched alkanes of at least 4 members (excludes halogenated alkanes) is 7. The second-order valence-electron chi connectivity index (χ2n) is 12.1. The smallest absolute Gasteiger partial charge is 0.220 e. The number of aliphatic hydroxyl groups excluding tert-OH is 4. The van der Waals surface area contributed by atoms with E-state index >= 15 is 0 Å². The number of amides is 1. The molecule has 3 aromatic rings. The number of benzene rings is 3. The monoisotopic (exact) mass is 665 g/mol. The molecule has 1 aliphatic rings. The molecule has 5 atom stereocenters. The van der Waals surface area contributed by atoms with Gasteiger partial charge >= 0.3 is 0 Å². The van der Waals surface area contributed by atoms with E-state index in [1.165, 1.54) is 48.8 Å². The van der Waals surface area contributed by atoms with Crippen molar-refractivity contribution in [3.63, 3.8) is 0 Å². The van der Waals surface area contributed by atoms with Crippen molar-refractivity contribution in [1.82, 2.24) is 5.32 Å². The zero-order valence-corrected chi connectivity index (χ0v) is 28.0. The van der Waals surface area contributed by atoms with Crippen LogP contribution in [0.3, 0.4) is 0 Å². The van der Waals surface area contributed by atoms with Crippen molar-refractivity contribution >= 4 is 17.7 Å². The van der Waals surface area contributed by atoms with Crippen LogP contribution < -0.4 is 5.32 Å². The van der Waals surface area contributed by atoms with Crippen LogP contribution in [0.2, 0.25) is 0 Å². The summed E-state index contributed by atoms with van der Waals surface area (Å²) in [7, 11) is 0. The van der Waals surface area contributed by atoms with E-state index in [0.29, 0.717) is 6.42 Å². The van der Waals surface area contributed by atoms with Gasteiger partial charge in [-0.25, -0.2) is 0 Å². The summed E-state index contributed by atoms with van der Waals surface area (Å²) in [6.45, 7) is -0.213. The predicted molar refractivity (Wildman–Crippen MR) is 186 cm³/mol. The largest absolute Gasteiger partial charge is 0.394 e. The van der Waals surface area contributed by atoms with E-state index in [-0.39, 0.29) is 23.8 Å². The molecule has 1 fully saturated rings. The fourth-order valence-electron chi connectivity index (χ4n) is 6.10. The van der Waals surface area contributed by atoms with Crippen LogP contribution in [0.15, 0.2) is 91.0 Å². The maximum absolute atomic E-state index is 12.2. The molecule has 8 nitrogen and oxygen atoms in total. The Balaban J connectivity index is 1.08. The summed E-state index contributed by atoms with van der Waals surface area (Å²) in [5, 5.41) is 41.7. The van der Waals surface area contributed by atoms with E-state index in [0.717, 1.165) is 25.0 Å². The number of hydrogen-bond donors (Lipinski definition) is 5. The molecular formula is C38H51NO7S. The lowest BCUT2D eigenvalue weighted by Crippen LogP contribution is -2.59. The lowest BCUT2D eigenvalue weighted by Gasteiger charge is -2.39. The number of rotatable bonds is 20. The van der Waals surface area contributed by atoms with E-state index in [1.54, 1.807) is 0 Å². The SMILES string of the molecule is O=C(CCCCCCCCCCSC(c1ccccc1)(c1ccccc1)c1ccccc1)NCCO[C@H]1O[C@H](CO)[C@@H](O)[C@H](O)[C@@H]1O. The summed E-state index contributed by atoms with van der Waals surface area (Å²) in [4.78, 5) is 12.2. The number of aliphatic hydroxyl groups is 4. The average molecular weight is 666 g/mol. The van der Waals surface area contributed by atoms with Crippen LogP contribution in [0.25, 0.3) is 0 Å². The molecular weight excluding hydrogens is 614 g/mol. The Hall–Kier alpha value is -2.76. The van der Waals surface area contributed by atoms with Crippen LogP contribution in [-0.2, 0) is 19.0 Å². The zero-order chi connectivity index (χ0) is 33.3. The first-order valence-electron chi connectivity index (χ1n) is 17.0. The van der Waals surface area contributed by atoms with Gasteiger partial charge in [0, 0.05) is 13.0 Å². The van der Waals surface area contributed by atoms with Gasteiger partial charge in [0.05, 0.1) is 18.0 Å². The fourth-order valence-corrected chi connectivity index (χ4v) is 7.66. The van der Waals surface area contributed by atoms with Crippen molar-refractivity contribution in [2.45, 2.75) is 93.2 Å². The van der Waals surface area contributed by atoms with Gasteiger partial charge in [0.1, 0.15) is 24.4 Å². The molecule has 0 unspecified atom stereocenters. The molecule has 0 bridgehead atoms. The summed E-state index contributed by atoms with van der Waals surface area (Å²) in [5.74, 6) is 1.01. The van der Waals surface area contributed by atoms with Crippen molar-refractivity contribution in [3.8, 4) is 0 Å². The Morgan fingerprint density at radius 1 is 0.702 bits per heavy atom. The van der Waals surface area contributed by atoms with Crippen molar-refractivity contribution in [2.24, 2.45) is 0 Å². The highest BCUT2D eigenvalue weighted by molar-refractivity contribution is 8.00. The zero-order valence-electron chi connectivity index (χ0n) is 27.2. The normalized spacial score (nSPS) is 21.4. The first-order chi connectivity index (χ1) is 23.0. The highest BCUT2D eigenvalue weighted by Gasteiger charge is 2.44. The van der Waals surface area contributed by atoms with Gasteiger partial charge in [-0.15, -0.1) is 11.8 Å². The first-order valence-corrected chi connectivity index (χ1v) is 17.9. The lowest BCUT2D eigenvalue weighted by atomic mass is 9.84. The maximum Gasteiger partial charge on any atom is 0.220 e. The van der Waals surface area contributed by atoms with Crippen LogP contribution >= 0.6 is 11.8 Å². The Morgan fingerprint density at radius 3 is 1.70 bits per heavy atom. The molecule has 9 heteroatoms. The molecule has 0 spiro atoms. The van der Waals surface area contributed by atoms with E-state index in [2.05, 4.69) is 96.3 Å². The molecule has 1 amide bonds. The molecule has 1 saturated heterocycles. The molecule has 1 heterocycles. The van der Waals surface area contributed by atoms with E-state index in [9.17, 15) is 25.2 Å². The fraction of sp³-hybridized carbons (Fsp3) is 0.500. The maximum atomic E-state index is 12.2. The quantitative estimate of drug-likeness (QED) is 0.0828. The molecule has 1 aliphatic heterocycles. The van der Waals surface area contributed by atoms with Gasteiger partial charge < -0.3 is 35.2 Å². The Morgan fingerprint density at radius 2 is 1.19 bits per heavy atom. The molecule has 3 aromatic carbocycles. The number of nitrogens with one attached hydrogen (secondary N) is 1. The number of thioether (sulfide) groups is 1. The van der Waals surface area contributed by atoms with Crippen LogP contribution in [0.5, 0.6) is 0 Å². The molecule has 5 N–H and O–H groups in total. The van der Waals surface area contributed by atoms with E-state index in [1.807, 2.05) is 11.8 Å². The van der Waals surface area contributed by atoms with Gasteiger partial charge in [0.2, 0.25) is 5.91 Å². The third-order valence-electron chi connectivity index (χ3n) is 8.71. The second kappa shape index (κ2) is 19.9. The minimum Gasteiger partial charge on any atom is -0.394 e. The molecule has 4 rings (SSSR count). The average Bonchev–Trinajstić information content (AvgIpc) is 3.11. The van der Waals surface area contributed by atoms with Crippen molar-refractivity contribution < 1.29 is 34.7 Å². The van der Waals surface area contributed by atoms with Crippen LogP contribution in [0.1, 0.15) is 74.5 Å². The summed E-state index contributed by atoms with van der Waals surface area (Å²) in [5.41, 5.74) is 3.91. The van der Waals surface area contributed by atoms with E-state index < -0.39 is 37.3 Å². The Bertz CT molecular complexity index is 1180. The number of ether oxygens (including phenoxy) is 2. The van der Waals surface area contributed by atoms with Crippen molar-refractivity contribution in [2.75, 3.05) is 25.5 Å². The first kappa shape index (κ1) is 37.1. The molecule has 0 radical (unpaired) electrons. The molecule has 47 heavy (non-hydrogen) atoms. The minimum absolute atomic E-state index is 0.0579. The predicted octanol–water partition coefficient (Wildman–Crippen LogP) is 5.16. The van der Waals surface area contributed by atoms with Crippen LogP contribution in [0.4, 0.5) is 0 Å². The standard InChI is InChI=1S/C38H51NO7S/c40-28-32-34(42)35(43)36(44)37(46-32)45-26-25-39-33(41)24-16-5-3-1-2-4-6-17-27-47-38(29-18-10-7-11-19-29,30-20-12-8-13-21-30)31-22-14-9-15-23-31/h7-15,18-23,32,34-37,40,42-44H,1-6,16-17,24-28H2,(H,39,41)/t32-,34-,35+,36+,37+/m1/s1. The van der Waals surface area contributed by atoms with Crippen molar-refractivity contribution in [1.29, 1.82) is 0 Å². The molecule has 0 aromatic heterocycles. The third kappa shape index (κ3) is 10.6. The van der Waals surface area contributed by atoms with Gasteiger partial charge in [-0.05, 0) is 35.3 Å². The van der Waals surface area contributed by atoms with Gasteiger partial charge in [0.25, 0.3) is 0 Å². The van der Waals surface area contributed by atoms with Crippen LogP contribution in [-0.4, -0.2) is 82.6 Å². The Labute approximate surface area is 283 Å². The van der Waals surface area contributed by atoms with Gasteiger partial charge in [0.15, 0.2) is 6.29 Å². The summed E-state index contributed by atoms with van der Waals surface area (Å²) in [6.07, 6.45) is 2.80. The second-order valence-corrected chi connectivity index (χ2v) is 13.4. The minimum atomic E-state index is -1.48. The van der Waals surface area contributed by atoms with E-state index in [4.69, 9.17) is 9.47 Å². The molecule has 0 aliphatic carbocycles. The lowest BCUT2D eigenvalue weighted by molar-refractivity contribution is -0.300. The molecule has 256 valence electrons. The van der Waals surface area contributed by atoms with Crippen LogP contribution in [0, 0.1) is 0 Å². The number of carbonyl (C=O) groups is 1. The Kier molecular flexibility index (Phi) is 15.7. The van der Waals surface area contributed by atoms with Crippen molar-refractivity contribution in [3.05, 3.63) is 108 Å². The highest BCUT2D eigenvalue weighted by Crippen LogP contribution is 2.48.